The Labute approximate surface area is 173 Å². The van der Waals surface area contributed by atoms with Gasteiger partial charge in [0.05, 0.1) is 18.0 Å². The Kier molecular flexibility index (Phi) is 4.53. The number of rotatable bonds is 2. The molecule has 0 radical (unpaired) electrons. The van der Waals surface area contributed by atoms with E-state index in [2.05, 4.69) is 22.3 Å². The summed E-state index contributed by atoms with van der Waals surface area (Å²) in [4.78, 5) is 13.6. The zero-order valence-corrected chi connectivity index (χ0v) is 16.4. The standard InChI is InChI=1S/C22H20ClN3O3/c23-15-6-3-5-14(12-15)21-20(26(22(27)28)10-11-29-21)19-18-16-7-2-1-4-13(16)8-9-17(18)24-25-19/h1-7,12,20-21H,8-11H2,(H,24,25)(H,27,28). The van der Waals surface area contributed by atoms with Crippen molar-refractivity contribution in [2.45, 2.75) is 25.0 Å². The molecule has 3 aromatic rings. The van der Waals surface area contributed by atoms with Crippen molar-refractivity contribution < 1.29 is 14.6 Å². The number of aromatic amines is 1. The summed E-state index contributed by atoms with van der Waals surface area (Å²) in [6.07, 6.45) is 0.301. The quantitative estimate of drug-likeness (QED) is 0.647. The summed E-state index contributed by atoms with van der Waals surface area (Å²) in [6, 6.07) is 15.1. The van der Waals surface area contributed by atoms with Gasteiger partial charge in [0.15, 0.2) is 0 Å². The van der Waals surface area contributed by atoms with Crippen molar-refractivity contribution in [3.05, 3.63) is 76.1 Å². The molecule has 2 aliphatic rings. The summed E-state index contributed by atoms with van der Waals surface area (Å²) in [5.41, 5.74) is 5.96. The van der Waals surface area contributed by atoms with E-state index in [1.54, 1.807) is 6.07 Å². The number of aryl methyl sites for hydroxylation is 2. The molecular weight excluding hydrogens is 390 g/mol. The van der Waals surface area contributed by atoms with Crippen LogP contribution >= 0.6 is 11.6 Å². The van der Waals surface area contributed by atoms with E-state index in [1.165, 1.54) is 10.5 Å². The second-order valence-corrected chi connectivity index (χ2v) is 7.82. The van der Waals surface area contributed by atoms with E-state index in [9.17, 15) is 9.90 Å². The molecule has 1 amide bonds. The van der Waals surface area contributed by atoms with E-state index in [-0.39, 0.29) is 0 Å². The van der Waals surface area contributed by atoms with Crippen LogP contribution in [-0.2, 0) is 17.6 Å². The number of fused-ring (bicyclic) bond motifs is 3. The minimum Gasteiger partial charge on any atom is -0.465 e. The van der Waals surface area contributed by atoms with Gasteiger partial charge < -0.3 is 9.84 Å². The van der Waals surface area contributed by atoms with Crippen LogP contribution < -0.4 is 0 Å². The number of halogens is 1. The zero-order chi connectivity index (χ0) is 20.0. The van der Waals surface area contributed by atoms with Gasteiger partial charge in [-0.15, -0.1) is 0 Å². The number of nitrogens with one attached hydrogen (secondary N) is 1. The summed E-state index contributed by atoms with van der Waals surface area (Å²) >= 11 is 6.21. The van der Waals surface area contributed by atoms with Gasteiger partial charge in [-0.2, -0.15) is 5.10 Å². The van der Waals surface area contributed by atoms with Crippen LogP contribution in [0.3, 0.4) is 0 Å². The number of morpholine rings is 1. The molecule has 2 unspecified atom stereocenters. The highest BCUT2D eigenvalue weighted by molar-refractivity contribution is 6.30. The highest BCUT2D eigenvalue weighted by atomic mass is 35.5. The fourth-order valence-electron chi connectivity index (χ4n) is 4.48. The van der Waals surface area contributed by atoms with Gasteiger partial charge in [0.2, 0.25) is 0 Å². The molecule has 2 heterocycles. The largest absolute Gasteiger partial charge is 0.465 e. The van der Waals surface area contributed by atoms with E-state index in [1.807, 2.05) is 30.3 Å². The van der Waals surface area contributed by atoms with Gasteiger partial charge in [0, 0.05) is 17.1 Å². The molecule has 0 bridgehead atoms. The van der Waals surface area contributed by atoms with Crippen molar-refractivity contribution in [1.82, 2.24) is 15.1 Å². The number of aromatic nitrogens is 2. The number of hydrogen-bond acceptors (Lipinski definition) is 3. The van der Waals surface area contributed by atoms with E-state index in [0.29, 0.717) is 18.2 Å². The SMILES string of the molecule is O=C(O)N1CCOC(c2cccc(Cl)c2)C1c1[nH]nc2c1-c1ccccc1CC2. The lowest BCUT2D eigenvalue weighted by molar-refractivity contribution is -0.0660. The van der Waals surface area contributed by atoms with Gasteiger partial charge in [-0.3, -0.25) is 10.00 Å². The van der Waals surface area contributed by atoms with Crippen LogP contribution in [0.1, 0.15) is 34.7 Å². The van der Waals surface area contributed by atoms with Gasteiger partial charge in [0.1, 0.15) is 12.1 Å². The van der Waals surface area contributed by atoms with E-state index >= 15 is 0 Å². The maximum Gasteiger partial charge on any atom is 0.408 e. The Morgan fingerprint density at radius 1 is 1.21 bits per heavy atom. The van der Waals surface area contributed by atoms with Crippen molar-refractivity contribution in [1.29, 1.82) is 0 Å². The molecule has 1 aliphatic heterocycles. The minimum atomic E-state index is -0.974. The van der Waals surface area contributed by atoms with Crippen LogP contribution in [0, 0.1) is 0 Å². The first-order valence-corrected chi connectivity index (χ1v) is 10.0. The van der Waals surface area contributed by atoms with Crippen molar-refractivity contribution in [2.75, 3.05) is 13.2 Å². The summed E-state index contributed by atoms with van der Waals surface area (Å²) in [6.45, 7) is 0.624. The van der Waals surface area contributed by atoms with Gasteiger partial charge in [-0.25, -0.2) is 4.79 Å². The Hall–Kier alpha value is -2.83. The van der Waals surface area contributed by atoms with Gasteiger partial charge in [-0.05, 0) is 41.7 Å². The number of nitrogens with zero attached hydrogens (tertiary/aromatic N) is 2. The first-order valence-electron chi connectivity index (χ1n) is 9.65. The molecule has 29 heavy (non-hydrogen) atoms. The molecule has 1 saturated heterocycles. The summed E-state index contributed by atoms with van der Waals surface area (Å²) < 4.78 is 6.10. The third-order valence-electron chi connectivity index (χ3n) is 5.76. The van der Waals surface area contributed by atoms with Gasteiger partial charge in [-0.1, -0.05) is 48.0 Å². The highest BCUT2D eigenvalue weighted by Gasteiger charge is 2.41. The average Bonchev–Trinajstić information content (AvgIpc) is 3.17. The van der Waals surface area contributed by atoms with Crippen molar-refractivity contribution in [2.24, 2.45) is 0 Å². The Balaban J connectivity index is 1.68. The van der Waals surface area contributed by atoms with Crippen LogP contribution in [0.2, 0.25) is 5.02 Å². The molecule has 1 fully saturated rings. The molecule has 0 spiro atoms. The fraction of sp³-hybridized carbons (Fsp3) is 0.273. The maximum absolute atomic E-state index is 12.1. The number of amides is 1. The monoisotopic (exact) mass is 409 g/mol. The van der Waals surface area contributed by atoms with Crippen LogP contribution in [-0.4, -0.2) is 39.4 Å². The maximum atomic E-state index is 12.1. The average molecular weight is 410 g/mol. The highest BCUT2D eigenvalue weighted by Crippen LogP contribution is 2.45. The topological polar surface area (TPSA) is 78.5 Å². The molecule has 2 N–H and O–H groups in total. The normalized spacial score (nSPS) is 20.8. The van der Waals surface area contributed by atoms with Crippen LogP contribution in [0.4, 0.5) is 4.79 Å². The molecule has 148 valence electrons. The molecule has 7 heteroatoms. The van der Waals surface area contributed by atoms with E-state index in [4.69, 9.17) is 16.3 Å². The van der Waals surface area contributed by atoms with Crippen molar-refractivity contribution in [3.63, 3.8) is 0 Å². The first-order chi connectivity index (χ1) is 14.1. The molecular formula is C22H20ClN3O3. The van der Waals surface area contributed by atoms with Crippen molar-refractivity contribution in [3.8, 4) is 11.1 Å². The van der Waals surface area contributed by atoms with Crippen LogP contribution in [0.5, 0.6) is 0 Å². The number of hydrogen-bond donors (Lipinski definition) is 2. The molecule has 0 saturated carbocycles. The molecule has 1 aromatic heterocycles. The third-order valence-corrected chi connectivity index (χ3v) is 5.99. The predicted octanol–water partition coefficient (Wildman–Crippen LogP) is 4.62. The molecule has 5 rings (SSSR count). The molecule has 6 nitrogen and oxygen atoms in total. The number of carbonyl (C=O) groups is 1. The smallest absolute Gasteiger partial charge is 0.408 e. The summed E-state index contributed by atoms with van der Waals surface area (Å²) in [5.74, 6) is 0. The minimum absolute atomic E-state index is 0.298. The molecule has 2 atom stereocenters. The lowest BCUT2D eigenvalue weighted by Crippen LogP contribution is -2.44. The number of benzene rings is 2. The van der Waals surface area contributed by atoms with E-state index in [0.717, 1.165) is 40.9 Å². The summed E-state index contributed by atoms with van der Waals surface area (Å²) in [7, 11) is 0. The number of H-pyrrole nitrogens is 1. The lowest BCUT2D eigenvalue weighted by atomic mass is 9.85. The van der Waals surface area contributed by atoms with Gasteiger partial charge in [0.25, 0.3) is 0 Å². The fourth-order valence-corrected chi connectivity index (χ4v) is 4.68. The first kappa shape index (κ1) is 18.2. The third kappa shape index (κ3) is 3.09. The molecule has 1 aliphatic carbocycles. The Morgan fingerprint density at radius 2 is 2.07 bits per heavy atom. The Bertz CT molecular complexity index is 1080. The van der Waals surface area contributed by atoms with E-state index < -0.39 is 18.2 Å². The molecule has 2 aromatic carbocycles. The zero-order valence-electron chi connectivity index (χ0n) is 15.6. The summed E-state index contributed by atoms with van der Waals surface area (Å²) in [5, 5.41) is 18.2. The van der Waals surface area contributed by atoms with Gasteiger partial charge >= 0.3 is 6.09 Å². The van der Waals surface area contributed by atoms with Crippen LogP contribution in [0.25, 0.3) is 11.1 Å². The lowest BCUT2D eigenvalue weighted by Gasteiger charge is -2.40. The Morgan fingerprint density at radius 3 is 2.90 bits per heavy atom. The number of carboxylic acid groups (broad SMARTS) is 1. The second kappa shape index (κ2) is 7.21. The predicted molar refractivity (Wildman–Crippen MR) is 109 cm³/mol. The van der Waals surface area contributed by atoms with Crippen molar-refractivity contribution >= 4 is 17.7 Å². The number of ether oxygens (including phenoxy) is 1. The van der Waals surface area contributed by atoms with Crippen LogP contribution in [0.15, 0.2) is 48.5 Å². The second-order valence-electron chi connectivity index (χ2n) is 7.38.